The van der Waals surface area contributed by atoms with Gasteiger partial charge in [-0.05, 0) is 31.5 Å². The van der Waals surface area contributed by atoms with E-state index in [1.165, 1.54) is 0 Å². The number of hydrogen-bond acceptors (Lipinski definition) is 4. The van der Waals surface area contributed by atoms with Crippen LogP contribution in [0.15, 0.2) is 30.4 Å². The molecule has 0 spiro atoms. The van der Waals surface area contributed by atoms with Crippen LogP contribution in [0.4, 0.5) is 11.4 Å². The first-order valence-corrected chi connectivity index (χ1v) is 7.73. The molecule has 0 aliphatic carbocycles. The predicted octanol–water partition coefficient (Wildman–Crippen LogP) is 1.52. The highest BCUT2D eigenvalue weighted by Gasteiger charge is 2.19. The summed E-state index contributed by atoms with van der Waals surface area (Å²) in [5, 5.41) is 15.0. The molecule has 1 unspecified atom stereocenters. The van der Waals surface area contributed by atoms with Crippen molar-refractivity contribution in [2.75, 3.05) is 30.4 Å². The van der Waals surface area contributed by atoms with E-state index < -0.39 is 0 Å². The second kappa shape index (κ2) is 7.78. The summed E-state index contributed by atoms with van der Waals surface area (Å²) < 4.78 is 0. The van der Waals surface area contributed by atoms with Crippen molar-refractivity contribution >= 4 is 23.2 Å². The van der Waals surface area contributed by atoms with E-state index >= 15 is 0 Å². The maximum atomic E-state index is 12.3. The Morgan fingerprint density at radius 1 is 1.52 bits per heavy atom. The Morgan fingerprint density at radius 2 is 2.30 bits per heavy atom. The highest BCUT2D eigenvalue weighted by Crippen LogP contribution is 2.28. The van der Waals surface area contributed by atoms with Crippen molar-refractivity contribution in [2.45, 2.75) is 25.8 Å². The third-order valence-corrected chi connectivity index (χ3v) is 3.83. The minimum absolute atomic E-state index is 0.0607. The summed E-state index contributed by atoms with van der Waals surface area (Å²) in [4.78, 5) is 26.1. The van der Waals surface area contributed by atoms with Gasteiger partial charge in [0.2, 0.25) is 5.91 Å². The zero-order valence-corrected chi connectivity index (χ0v) is 13.5. The summed E-state index contributed by atoms with van der Waals surface area (Å²) >= 11 is 0. The van der Waals surface area contributed by atoms with Crippen molar-refractivity contribution < 1.29 is 14.7 Å². The Balaban J connectivity index is 2.17. The van der Waals surface area contributed by atoms with E-state index in [9.17, 15) is 14.7 Å². The molecule has 1 atom stereocenters. The fraction of sp³-hybridized carbons (Fsp3) is 0.412. The Bertz CT molecular complexity index is 613. The van der Waals surface area contributed by atoms with Crippen LogP contribution in [0, 0.1) is 0 Å². The molecule has 6 nitrogen and oxygen atoms in total. The number of allylic oxidation sites excluding steroid dienone is 1. The zero-order chi connectivity index (χ0) is 16.8. The van der Waals surface area contributed by atoms with Crippen molar-refractivity contribution in [2.24, 2.45) is 0 Å². The average Bonchev–Trinajstić information content (AvgIpc) is 2.69. The number of carbonyl (C=O) groups excluding carboxylic acids is 2. The molecule has 0 saturated carbocycles. The smallest absolute Gasteiger partial charge is 0.251 e. The number of hydrogen-bond donors (Lipinski definition) is 3. The fourth-order valence-electron chi connectivity index (χ4n) is 2.46. The number of rotatable bonds is 5. The van der Waals surface area contributed by atoms with Crippen LogP contribution in [0.25, 0.3) is 0 Å². The third kappa shape index (κ3) is 4.32. The molecular formula is C17H23N3O3. The normalized spacial score (nSPS) is 15.8. The fourth-order valence-corrected chi connectivity index (χ4v) is 2.46. The van der Waals surface area contributed by atoms with E-state index in [0.29, 0.717) is 30.6 Å². The number of carbonyl (C=O) groups is 2. The Labute approximate surface area is 136 Å². The van der Waals surface area contributed by atoms with Crippen molar-refractivity contribution in [3.05, 3.63) is 35.9 Å². The van der Waals surface area contributed by atoms with E-state index in [-0.39, 0.29) is 24.5 Å². The Hall–Kier alpha value is -2.34. The lowest BCUT2D eigenvalue weighted by Gasteiger charge is -2.19. The number of aliphatic hydroxyl groups is 1. The first kappa shape index (κ1) is 17.0. The van der Waals surface area contributed by atoms with Crippen LogP contribution in [-0.2, 0) is 4.79 Å². The first-order valence-electron chi connectivity index (χ1n) is 7.73. The molecule has 2 rings (SSSR count). The van der Waals surface area contributed by atoms with Crippen LogP contribution in [0.2, 0.25) is 0 Å². The van der Waals surface area contributed by atoms with Gasteiger partial charge in [0.1, 0.15) is 0 Å². The average molecular weight is 317 g/mol. The number of aliphatic hydroxyl groups excluding tert-OH is 1. The SMILES string of the molecule is CC=CCC(CO)NC(=O)c1ccc2c(c1)NC(=O)CCN2C. The highest BCUT2D eigenvalue weighted by molar-refractivity contribution is 6.01. The van der Waals surface area contributed by atoms with Gasteiger partial charge >= 0.3 is 0 Å². The van der Waals surface area contributed by atoms with Gasteiger partial charge in [0.25, 0.3) is 5.91 Å². The minimum atomic E-state index is -0.324. The van der Waals surface area contributed by atoms with Gasteiger partial charge < -0.3 is 20.6 Å². The van der Waals surface area contributed by atoms with Gasteiger partial charge in [-0.25, -0.2) is 0 Å². The minimum Gasteiger partial charge on any atom is -0.394 e. The lowest BCUT2D eigenvalue weighted by molar-refractivity contribution is -0.115. The van der Waals surface area contributed by atoms with Crippen molar-refractivity contribution in [1.82, 2.24) is 5.32 Å². The van der Waals surface area contributed by atoms with Gasteiger partial charge in [-0.3, -0.25) is 9.59 Å². The van der Waals surface area contributed by atoms with Gasteiger partial charge in [0.05, 0.1) is 24.0 Å². The summed E-state index contributed by atoms with van der Waals surface area (Å²) in [6.07, 6.45) is 4.77. The summed E-state index contributed by atoms with van der Waals surface area (Å²) in [6, 6.07) is 4.91. The Morgan fingerprint density at radius 3 is 3.00 bits per heavy atom. The maximum absolute atomic E-state index is 12.3. The molecular weight excluding hydrogens is 294 g/mol. The van der Waals surface area contributed by atoms with Crippen LogP contribution in [0.3, 0.4) is 0 Å². The van der Waals surface area contributed by atoms with Crippen LogP contribution in [0.5, 0.6) is 0 Å². The number of amides is 2. The molecule has 0 radical (unpaired) electrons. The molecule has 1 aromatic carbocycles. The molecule has 2 amide bonds. The van der Waals surface area contributed by atoms with E-state index in [1.54, 1.807) is 12.1 Å². The van der Waals surface area contributed by atoms with E-state index in [2.05, 4.69) is 10.6 Å². The zero-order valence-electron chi connectivity index (χ0n) is 13.5. The molecule has 0 saturated heterocycles. The molecule has 6 heteroatoms. The lowest BCUT2D eigenvalue weighted by Crippen LogP contribution is -2.37. The number of fused-ring (bicyclic) bond motifs is 1. The topological polar surface area (TPSA) is 81.7 Å². The van der Waals surface area contributed by atoms with Crippen LogP contribution < -0.4 is 15.5 Å². The van der Waals surface area contributed by atoms with Gasteiger partial charge in [-0.2, -0.15) is 0 Å². The summed E-state index contributed by atoms with van der Waals surface area (Å²) in [7, 11) is 1.91. The molecule has 0 fully saturated rings. The van der Waals surface area contributed by atoms with Gasteiger partial charge in [-0.15, -0.1) is 0 Å². The van der Waals surface area contributed by atoms with Crippen molar-refractivity contribution in [3.8, 4) is 0 Å². The first-order chi connectivity index (χ1) is 11.0. The van der Waals surface area contributed by atoms with Crippen molar-refractivity contribution in [1.29, 1.82) is 0 Å². The molecule has 3 N–H and O–H groups in total. The molecule has 0 bridgehead atoms. The quantitative estimate of drug-likeness (QED) is 0.719. The van der Waals surface area contributed by atoms with Crippen LogP contribution in [0.1, 0.15) is 30.1 Å². The molecule has 1 aromatic rings. The standard InChI is InChI=1S/C17H23N3O3/c1-3-4-5-13(11-21)18-17(23)12-6-7-15-14(10-12)19-16(22)8-9-20(15)2/h3-4,6-7,10,13,21H,5,8-9,11H2,1-2H3,(H,18,23)(H,19,22). The monoisotopic (exact) mass is 317 g/mol. The second-order valence-electron chi connectivity index (χ2n) is 5.61. The van der Waals surface area contributed by atoms with Gasteiger partial charge in [-0.1, -0.05) is 12.2 Å². The van der Waals surface area contributed by atoms with E-state index in [4.69, 9.17) is 0 Å². The summed E-state index contributed by atoms with van der Waals surface area (Å²) in [5.41, 5.74) is 1.98. The summed E-state index contributed by atoms with van der Waals surface area (Å²) in [6.45, 7) is 2.41. The second-order valence-corrected chi connectivity index (χ2v) is 5.61. The molecule has 1 aliphatic rings. The number of anilines is 2. The van der Waals surface area contributed by atoms with Crippen LogP contribution >= 0.6 is 0 Å². The van der Waals surface area contributed by atoms with Crippen molar-refractivity contribution in [3.63, 3.8) is 0 Å². The van der Waals surface area contributed by atoms with E-state index in [0.717, 1.165) is 5.69 Å². The molecule has 1 heterocycles. The molecule has 124 valence electrons. The number of benzene rings is 1. The van der Waals surface area contributed by atoms with Gasteiger partial charge in [0, 0.05) is 25.6 Å². The maximum Gasteiger partial charge on any atom is 0.251 e. The highest BCUT2D eigenvalue weighted by atomic mass is 16.3. The third-order valence-electron chi connectivity index (χ3n) is 3.83. The molecule has 1 aliphatic heterocycles. The largest absolute Gasteiger partial charge is 0.394 e. The van der Waals surface area contributed by atoms with Crippen LogP contribution in [-0.4, -0.2) is 43.2 Å². The number of nitrogens with one attached hydrogen (secondary N) is 2. The summed E-state index contributed by atoms with van der Waals surface area (Å²) in [5.74, 6) is -0.327. The predicted molar refractivity (Wildman–Crippen MR) is 90.7 cm³/mol. The number of nitrogens with zero attached hydrogens (tertiary/aromatic N) is 1. The molecule has 23 heavy (non-hydrogen) atoms. The van der Waals surface area contributed by atoms with Gasteiger partial charge in [0.15, 0.2) is 0 Å². The molecule has 0 aromatic heterocycles. The lowest BCUT2D eigenvalue weighted by atomic mass is 10.1. The Kier molecular flexibility index (Phi) is 5.76. The van der Waals surface area contributed by atoms with E-state index in [1.807, 2.05) is 37.1 Å².